The summed E-state index contributed by atoms with van der Waals surface area (Å²) in [6, 6.07) is 3.69. The summed E-state index contributed by atoms with van der Waals surface area (Å²) in [5, 5.41) is 12.8. The zero-order valence-electron chi connectivity index (χ0n) is 11.9. The third-order valence-corrected chi connectivity index (χ3v) is 5.13. The molecule has 0 spiro atoms. The van der Waals surface area contributed by atoms with Crippen LogP contribution in [0.25, 0.3) is 0 Å². The summed E-state index contributed by atoms with van der Waals surface area (Å²) in [5.41, 5.74) is 0. The van der Waals surface area contributed by atoms with Gasteiger partial charge in [-0.1, -0.05) is 11.3 Å². The van der Waals surface area contributed by atoms with E-state index in [0.717, 1.165) is 17.2 Å². The third-order valence-electron chi connectivity index (χ3n) is 3.48. The molecule has 5 nitrogen and oxygen atoms in total. The van der Waals surface area contributed by atoms with Crippen LogP contribution >= 0.6 is 23.1 Å². The number of thioether (sulfide) groups is 1. The molecule has 2 heterocycles. The fraction of sp³-hybridized carbons (Fsp3) is 0.500. The summed E-state index contributed by atoms with van der Waals surface area (Å²) < 4.78 is 1.95. The predicted octanol–water partition coefficient (Wildman–Crippen LogP) is 3.15. The van der Waals surface area contributed by atoms with Crippen LogP contribution in [0.2, 0.25) is 0 Å². The van der Waals surface area contributed by atoms with E-state index >= 15 is 0 Å². The molecule has 1 saturated carbocycles. The Morgan fingerprint density at radius 2 is 2.24 bits per heavy atom. The van der Waals surface area contributed by atoms with Gasteiger partial charge in [0.1, 0.15) is 11.0 Å². The number of anilines is 1. The monoisotopic (exact) mass is 322 g/mol. The molecule has 21 heavy (non-hydrogen) atoms. The van der Waals surface area contributed by atoms with Gasteiger partial charge in [-0.2, -0.15) is 11.8 Å². The molecule has 1 N–H and O–H groups in total. The molecule has 2 aromatic rings. The molecular formula is C14H18N4OS2. The van der Waals surface area contributed by atoms with Gasteiger partial charge in [-0.15, -0.1) is 10.2 Å². The lowest BCUT2D eigenvalue weighted by Crippen LogP contribution is -2.25. The van der Waals surface area contributed by atoms with Gasteiger partial charge < -0.3 is 4.57 Å². The van der Waals surface area contributed by atoms with Crippen LogP contribution in [0.1, 0.15) is 36.2 Å². The molecule has 1 aliphatic carbocycles. The second kappa shape index (κ2) is 6.62. The molecule has 0 saturated heterocycles. The van der Waals surface area contributed by atoms with Crippen LogP contribution < -0.4 is 5.32 Å². The quantitative estimate of drug-likeness (QED) is 0.850. The van der Waals surface area contributed by atoms with Gasteiger partial charge in [0.25, 0.3) is 0 Å². The molecule has 1 atom stereocenters. The van der Waals surface area contributed by atoms with Crippen molar-refractivity contribution in [1.29, 1.82) is 0 Å². The largest absolute Gasteiger partial charge is 0.342 e. The standard InChI is InChI=1S/C14H18N4OS2/c1-20-9-6-11(18-7-2-3-8-18)12(19)15-14-17-16-13(21-14)10-4-5-10/h2-3,7-8,10-11H,4-6,9H2,1H3,(H,15,17,19). The summed E-state index contributed by atoms with van der Waals surface area (Å²) in [6.45, 7) is 0. The second-order valence-electron chi connectivity index (χ2n) is 5.14. The Kier molecular flexibility index (Phi) is 4.60. The molecule has 0 aliphatic heterocycles. The molecule has 1 unspecified atom stereocenters. The Balaban J connectivity index is 1.67. The fourth-order valence-corrected chi connectivity index (χ4v) is 3.54. The van der Waals surface area contributed by atoms with Gasteiger partial charge in [0.05, 0.1) is 0 Å². The lowest BCUT2D eigenvalue weighted by molar-refractivity contribution is -0.119. The summed E-state index contributed by atoms with van der Waals surface area (Å²) >= 11 is 3.25. The maximum atomic E-state index is 12.5. The minimum Gasteiger partial charge on any atom is -0.342 e. The zero-order valence-corrected chi connectivity index (χ0v) is 13.5. The van der Waals surface area contributed by atoms with Crippen molar-refractivity contribution >= 4 is 34.1 Å². The van der Waals surface area contributed by atoms with Crippen LogP contribution in [0.15, 0.2) is 24.5 Å². The number of amides is 1. The molecule has 7 heteroatoms. The predicted molar refractivity (Wildman–Crippen MR) is 87.0 cm³/mol. The minimum atomic E-state index is -0.194. The van der Waals surface area contributed by atoms with E-state index in [1.54, 1.807) is 11.8 Å². The van der Waals surface area contributed by atoms with E-state index in [2.05, 4.69) is 21.8 Å². The summed E-state index contributed by atoms with van der Waals surface area (Å²) in [4.78, 5) is 12.5. The van der Waals surface area contributed by atoms with Crippen molar-refractivity contribution in [2.24, 2.45) is 0 Å². The summed E-state index contributed by atoms with van der Waals surface area (Å²) in [5.74, 6) is 1.50. The first-order valence-corrected chi connectivity index (χ1v) is 9.24. The SMILES string of the molecule is CSCCC(C(=O)Nc1nnc(C2CC2)s1)n1cccc1. The lowest BCUT2D eigenvalue weighted by Gasteiger charge is -2.17. The van der Waals surface area contributed by atoms with Crippen LogP contribution in [-0.4, -0.2) is 32.7 Å². The molecule has 0 aromatic carbocycles. The normalized spacial score (nSPS) is 15.9. The van der Waals surface area contributed by atoms with Crippen molar-refractivity contribution < 1.29 is 4.79 Å². The van der Waals surface area contributed by atoms with Gasteiger partial charge in [-0.05, 0) is 43.4 Å². The molecule has 112 valence electrons. The average molecular weight is 322 g/mol. The first-order chi connectivity index (χ1) is 10.3. The third kappa shape index (κ3) is 3.65. The maximum Gasteiger partial charge on any atom is 0.249 e. The highest BCUT2D eigenvalue weighted by Crippen LogP contribution is 2.42. The molecular weight excluding hydrogens is 304 g/mol. The number of aromatic nitrogens is 3. The van der Waals surface area contributed by atoms with Crippen LogP contribution in [0.4, 0.5) is 5.13 Å². The first kappa shape index (κ1) is 14.6. The smallest absolute Gasteiger partial charge is 0.249 e. The van der Waals surface area contributed by atoms with E-state index in [1.807, 2.05) is 29.1 Å². The van der Waals surface area contributed by atoms with Crippen LogP contribution in [0.3, 0.4) is 0 Å². The van der Waals surface area contributed by atoms with Gasteiger partial charge >= 0.3 is 0 Å². The molecule has 3 rings (SSSR count). The Morgan fingerprint density at radius 1 is 1.48 bits per heavy atom. The van der Waals surface area contributed by atoms with Crippen LogP contribution in [0.5, 0.6) is 0 Å². The van der Waals surface area contributed by atoms with Gasteiger partial charge in [-0.25, -0.2) is 0 Å². The van der Waals surface area contributed by atoms with E-state index < -0.39 is 0 Å². The van der Waals surface area contributed by atoms with Crippen molar-refractivity contribution in [3.63, 3.8) is 0 Å². The topological polar surface area (TPSA) is 59.8 Å². The zero-order chi connectivity index (χ0) is 14.7. The van der Waals surface area contributed by atoms with Gasteiger partial charge in [0.2, 0.25) is 11.0 Å². The number of carbonyl (C=O) groups is 1. The first-order valence-electron chi connectivity index (χ1n) is 7.03. The van der Waals surface area contributed by atoms with E-state index in [-0.39, 0.29) is 11.9 Å². The molecule has 1 fully saturated rings. The molecule has 0 bridgehead atoms. The Hall–Kier alpha value is -1.34. The number of carbonyl (C=O) groups excluding carboxylic acids is 1. The Bertz CT molecular complexity index is 592. The Morgan fingerprint density at radius 3 is 2.90 bits per heavy atom. The van der Waals surface area contributed by atoms with Crippen LogP contribution in [-0.2, 0) is 4.79 Å². The highest BCUT2D eigenvalue weighted by atomic mass is 32.2. The van der Waals surface area contributed by atoms with E-state index in [1.165, 1.54) is 24.2 Å². The van der Waals surface area contributed by atoms with Gasteiger partial charge in [0, 0.05) is 18.3 Å². The van der Waals surface area contributed by atoms with E-state index in [9.17, 15) is 4.79 Å². The summed E-state index contributed by atoms with van der Waals surface area (Å²) in [6.07, 6.45) is 9.11. The van der Waals surface area contributed by atoms with Crippen molar-refractivity contribution in [1.82, 2.24) is 14.8 Å². The highest BCUT2D eigenvalue weighted by Gasteiger charge is 2.28. The molecule has 2 aromatic heterocycles. The number of hydrogen-bond donors (Lipinski definition) is 1. The van der Waals surface area contributed by atoms with Crippen molar-refractivity contribution in [2.45, 2.75) is 31.2 Å². The minimum absolute atomic E-state index is 0.0150. The van der Waals surface area contributed by atoms with Crippen LogP contribution in [0, 0.1) is 0 Å². The Labute approximate surface area is 132 Å². The number of nitrogens with one attached hydrogen (secondary N) is 1. The average Bonchev–Trinajstić information content (AvgIpc) is 3.00. The lowest BCUT2D eigenvalue weighted by atomic mass is 10.2. The van der Waals surface area contributed by atoms with Gasteiger partial charge in [-0.3, -0.25) is 10.1 Å². The van der Waals surface area contributed by atoms with E-state index in [0.29, 0.717) is 11.0 Å². The summed E-state index contributed by atoms with van der Waals surface area (Å²) in [7, 11) is 0. The van der Waals surface area contributed by atoms with Gasteiger partial charge in [0.15, 0.2) is 0 Å². The number of rotatable bonds is 7. The maximum absolute atomic E-state index is 12.5. The molecule has 0 radical (unpaired) electrons. The number of hydrogen-bond acceptors (Lipinski definition) is 5. The highest BCUT2D eigenvalue weighted by molar-refractivity contribution is 7.98. The second-order valence-corrected chi connectivity index (χ2v) is 7.13. The fourth-order valence-electron chi connectivity index (χ4n) is 2.17. The van der Waals surface area contributed by atoms with Crippen molar-refractivity contribution in [3.8, 4) is 0 Å². The van der Waals surface area contributed by atoms with Crippen molar-refractivity contribution in [3.05, 3.63) is 29.5 Å². The van der Waals surface area contributed by atoms with Crippen molar-refractivity contribution in [2.75, 3.05) is 17.3 Å². The molecule has 1 aliphatic rings. The number of nitrogens with zero attached hydrogens (tertiary/aromatic N) is 3. The van der Waals surface area contributed by atoms with E-state index in [4.69, 9.17) is 0 Å². The molecule has 1 amide bonds.